The number of hydrogen-bond acceptors (Lipinski definition) is 3. The summed E-state index contributed by atoms with van der Waals surface area (Å²) in [4.78, 5) is 4.50. The van der Waals surface area contributed by atoms with Crippen LogP contribution in [0.3, 0.4) is 0 Å². The van der Waals surface area contributed by atoms with Crippen molar-refractivity contribution in [2.24, 2.45) is 5.73 Å². The monoisotopic (exact) mass is 278 g/mol. The molecule has 94 valence electrons. The first-order chi connectivity index (χ1) is 8.67. The number of halogens is 1. The van der Waals surface area contributed by atoms with Gasteiger partial charge in [-0.15, -0.1) is 11.8 Å². The summed E-state index contributed by atoms with van der Waals surface area (Å²) in [5, 5.41) is 1.79. The summed E-state index contributed by atoms with van der Waals surface area (Å²) in [6.45, 7) is 2.55. The average molecular weight is 279 g/mol. The Morgan fingerprint density at radius 1 is 1.17 bits per heavy atom. The van der Waals surface area contributed by atoms with Crippen LogP contribution >= 0.6 is 23.4 Å². The molecule has 1 heterocycles. The number of nitrogens with zero attached hydrogens (tertiary/aromatic N) is 1. The van der Waals surface area contributed by atoms with Crippen LogP contribution in [0.1, 0.15) is 16.8 Å². The Balaban J connectivity index is 2.05. The zero-order chi connectivity index (χ0) is 13.0. The molecule has 0 saturated carbocycles. The van der Waals surface area contributed by atoms with Crippen LogP contribution < -0.4 is 5.73 Å². The van der Waals surface area contributed by atoms with Crippen LogP contribution in [0.2, 0.25) is 5.02 Å². The van der Waals surface area contributed by atoms with Gasteiger partial charge in [-0.25, -0.2) is 4.98 Å². The van der Waals surface area contributed by atoms with Crippen molar-refractivity contribution in [1.82, 2.24) is 4.98 Å². The fourth-order valence-electron chi connectivity index (χ4n) is 1.64. The molecule has 0 amide bonds. The third kappa shape index (κ3) is 3.73. The van der Waals surface area contributed by atoms with E-state index in [2.05, 4.69) is 4.98 Å². The second-order valence-corrected chi connectivity index (χ2v) is 5.51. The molecule has 2 nitrogen and oxygen atoms in total. The van der Waals surface area contributed by atoms with Crippen molar-refractivity contribution < 1.29 is 0 Å². The second kappa shape index (κ2) is 6.23. The maximum Gasteiger partial charge on any atom is 0.0969 e. The van der Waals surface area contributed by atoms with Gasteiger partial charge in [-0.1, -0.05) is 23.7 Å². The third-order valence-electron chi connectivity index (χ3n) is 2.53. The summed E-state index contributed by atoms with van der Waals surface area (Å²) in [6, 6.07) is 12.0. The topological polar surface area (TPSA) is 38.9 Å². The number of aryl methyl sites for hydroxylation is 1. The van der Waals surface area contributed by atoms with Gasteiger partial charge in [0.2, 0.25) is 0 Å². The Morgan fingerprint density at radius 2 is 1.89 bits per heavy atom. The van der Waals surface area contributed by atoms with Gasteiger partial charge in [0.05, 0.1) is 5.03 Å². The number of benzene rings is 1. The Morgan fingerprint density at radius 3 is 2.56 bits per heavy atom. The van der Waals surface area contributed by atoms with E-state index in [9.17, 15) is 0 Å². The van der Waals surface area contributed by atoms with E-state index in [0.717, 1.165) is 27.1 Å². The number of pyridine rings is 1. The molecule has 4 heteroatoms. The molecule has 0 unspecified atom stereocenters. The van der Waals surface area contributed by atoms with E-state index < -0.39 is 0 Å². The first-order valence-electron chi connectivity index (χ1n) is 5.72. The van der Waals surface area contributed by atoms with E-state index >= 15 is 0 Å². The SMILES string of the molecule is Cc1cc(CN)cc(SCc2ccc(Cl)cc2)n1. The average Bonchev–Trinajstić information content (AvgIpc) is 2.37. The number of thioether (sulfide) groups is 1. The molecule has 0 bridgehead atoms. The highest BCUT2D eigenvalue weighted by Gasteiger charge is 2.01. The minimum atomic E-state index is 0.553. The summed E-state index contributed by atoms with van der Waals surface area (Å²) >= 11 is 7.57. The highest BCUT2D eigenvalue weighted by molar-refractivity contribution is 7.98. The Hall–Kier alpha value is -1.03. The van der Waals surface area contributed by atoms with Gasteiger partial charge in [0.1, 0.15) is 0 Å². The van der Waals surface area contributed by atoms with Crippen LogP contribution in [0.4, 0.5) is 0 Å². The van der Waals surface area contributed by atoms with Crippen molar-refractivity contribution in [2.75, 3.05) is 0 Å². The number of rotatable bonds is 4. The second-order valence-electron chi connectivity index (χ2n) is 4.07. The minimum Gasteiger partial charge on any atom is -0.326 e. The maximum absolute atomic E-state index is 5.86. The predicted octanol–water partition coefficient (Wildman–Crippen LogP) is 3.79. The van der Waals surface area contributed by atoms with Crippen LogP contribution in [0.5, 0.6) is 0 Å². The zero-order valence-electron chi connectivity index (χ0n) is 10.2. The van der Waals surface area contributed by atoms with Crippen molar-refractivity contribution in [3.63, 3.8) is 0 Å². The van der Waals surface area contributed by atoms with Gasteiger partial charge in [0, 0.05) is 23.0 Å². The van der Waals surface area contributed by atoms with E-state index in [1.807, 2.05) is 43.3 Å². The summed E-state index contributed by atoms with van der Waals surface area (Å²) in [5.74, 6) is 0.887. The van der Waals surface area contributed by atoms with Crippen molar-refractivity contribution >= 4 is 23.4 Å². The molecular formula is C14H15ClN2S. The van der Waals surface area contributed by atoms with Crippen molar-refractivity contribution in [3.05, 3.63) is 58.2 Å². The number of hydrogen-bond donors (Lipinski definition) is 1. The maximum atomic E-state index is 5.86. The van der Waals surface area contributed by atoms with Crippen LogP contribution in [-0.2, 0) is 12.3 Å². The third-order valence-corrected chi connectivity index (χ3v) is 3.76. The molecule has 0 aliphatic carbocycles. The summed E-state index contributed by atoms with van der Waals surface area (Å²) in [6.07, 6.45) is 0. The fourth-order valence-corrected chi connectivity index (χ4v) is 2.71. The van der Waals surface area contributed by atoms with Gasteiger partial charge in [-0.2, -0.15) is 0 Å². The van der Waals surface area contributed by atoms with Gasteiger partial charge in [-0.3, -0.25) is 0 Å². The van der Waals surface area contributed by atoms with Crippen molar-refractivity contribution in [2.45, 2.75) is 24.2 Å². The number of nitrogens with two attached hydrogens (primary N) is 1. The quantitative estimate of drug-likeness (QED) is 0.865. The molecule has 18 heavy (non-hydrogen) atoms. The zero-order valence-corrected chi connectivity index (χ0v) is 11.8. The Kier molecular flexibility index (Phi) is 4.64. The highest BCUT2D eigenvalue weighted by atomic mass is 35.5. The Labute approximate surface area is 117 Å². The summed E-state index contributed by atoms with van der Waals surface area (Å²) < 4.78 is 0. The van der Waals surface area contributed by atoms with Crippen LogP contribution in [0, 0.1) is 6.92 Å². The van der Waals surface area contributed by atoms with E-state index in [4.69, 9.17) is 17.3 Å². The fraction of sp³-hybridized carbons (Fsp3) is 0.214. The Bertz CT molecular complexity index is 526. The van der Waals surface area contributed by atoms with Gasteiger partial charge < -0.3 is 5.73 Å². The highest BCUT2D eigenvalue weighted by Crippen LogP contribution is 2.23. The molecule has 0 aliphatic rings. The molecule has 2 aromatic rings. The molecule has 1 aromatic heterocycles. The van der Waals surface area contributed by atoms with Gasteiger partial charge in [0.15, 0.2) is 0 Å². The lowest BCUT2D eigenvalue weighted by molar-refractivity contribution is 0.986. The number of aromatic nitrogens is 1. The molecule has 0 spiro atoms. The summed E-state index contributed by atoms with van der Waals surface area (Å²) in [7, 11) is 0. The molecule has 2 rings (SSSR count). The van der Waals surface area contributed by atoms with Crippen molar-refractivity contribution in [3.8, 4) is 0 Å². The van der Waals surface area contributed by atoms with E-state index in [-0.39, 0.29) is 0 Å². The smallest absolute Gasteiger partial charge is 0.0969 e. The standard InChI is InChI=1S/C14H15ClN2S/c1-10-6-12(8-16)7-14(17-10)18-9-11-2-4-13(15)5-3-11/h2-7H,8-9,16H2,1H3. The molecule has 0 saturated heterocycles. The van der Waals surface area contributed by atoms with Crippen LogP contribution in [0.15, 0.2) is 41.4 Å². The molecule has 0 fully saturated rings. The van der Waals surface area contributed by atoms with E-state index in [0.29, 0.717) is 6.54 Å². The molecule has 0 aliphatic heterocycles. The largest absolute Gasteiger partial charge is 0.326 e. The lowest BCUT2D eigenvalue weighted by Crippen LogP contribution is -1.98. The normalized spacial score (nSPS) is 10.6. The summed E-state index contributed by atoms with van der Waals surface area (Å²) in [5.41, 5.74) is 9.03. The lowest BCUT2D eigenvalue weighted by atomic mass is 10.2. The molecule has 1 aromatic carbocycles. The first kappa shape index (κ1) is 13.4. The van der Waals surface area contributed by atoms with Crippen LogP contribution in [0.25, 0.3) is 0 Å². The first-order valence-corrected chi connectivity index (χ1v) is 7.08. The van der Waals surface area contributed by atoms with Crippen molar-refractivity contribution in [1.29, 1.82) is 0 Å². The predicted molar refractivity (Wildman–Crippen MR) is 77.9 cm³/mol. The van der Waals surface area contributed by atoms with Crippen LogP contribution in [-0.4, -0.2) is 4.98 Å². The van der Waals surface area contributed by atoms with E-state index in [1.54, 1.807) is 11.8 Å². The molecular weight excluding hydrogens is 264 g/mol. The lowest BCUT2D eigenvalue weighted by Gasteiger charge is -2.05. The van der Waals surface area contributed by atoms with Gasteiger partial charge in [0.25, 0.3) is 0 Å². The van der Waals surface area contributed by atoms with E-state index in [1.165, 1.54) is 5.56 Å². The molecule has 0 atom stereocenters. The van der Waals surface area contributed by atoms with Gasteiger partial charge >= 0.3 is 0 Å². The molecule has 0 radical (unpaired) electrons. The molecule has 2 N–H and O–H groups in total. The minimum absolute atomic E-state index is 0.553. The van der Waals surface area contributed by atoms with Gasteiger partial charge in [-0.05, 0) is 42.3 Å².